The Labute approximate surface area is 57.1 Å². The van der Waals surface area contributed by atoms with Crippen LogP contribution in [0.5, 0.6) is 0 Å². The van der Waals surface area contributed by atoms with Gasteiger partial charge in [0.2, 0.25) is 0 Å². The maximum atomic E-state index is 10.2. The van der Waals surface area contributed by atoms with Gasteiger partial charge in [-0.3, -0.25) is 0 Å². The van der Waals surface area contributed by atoms with Gasteiger partial charge in [0, 0.05) is 0 Å². The molecule has 0 unspecified atom stereocenters. The Hall–Kier alpha value is -1.94. The van der Waals surface area contributed by atoms with Crippen molar-refractivity contribution in [1.82, 2.24) is 0 Å². The van der Waals surface area contributed by atoms with E-state index in [1.54, 1.807) is 0 Å². The average Bonchev–Trinajstić information content (AvgIpc) is 1.89. The normalized spacial score (nSPS) is 6.60. The van der Waals surface area contributed by atoms with Crippen LogP contribution >= 0.6 is 0 Å². The fourth-order valence-corrected chi connectivity index (χ4v) is 0.190. The molecule has 0 amide bonds. The number of hydrogen-bond acceptors (Lipinski definition) is 4. The molecule has 0 bridgehead atoms. The molecule has 0 atom stereocenters. The van der Waals surface area contributed by atoms with Crippen molar-refractivity contribution in [1.29, 1.82) is 0 Å². The van der Waals surface area contributed by atoms with E-state index in [4.69, 9.17) is 0 Å². The maximum Gasteiger partial charge on any atom is 0.432 e. The third-order valence-corrected chi connectivity index (χ3v) is 0.470. The highest BCUT2D eigenvalue weighted by Gasteiger charge is 2.15. The molecular formula is C6H2O4. The van der Waals surface area contributed by atoms with Crippen molar-refractivity contribution in [3.63, 3.8) is 0 Å². The van der Waals surface area contributed by atoms with Crippen molar-refractivity contribution in [2.24, 2.45) is 0 Å². The Bertz CT molecular complexity index is 201. The summed E-state index contributed by atoms with van der Waals surface area (Å²) in [6.07, 6.45) is 12.0. The molecule has 0 fully saturated rings. The van der Waals surface area contributed by atoms with E-state index >= 15 is 0 Å². The van der Waals surface area contributed by atoms with E-state index < -0.39 is 11.9 Å². The van der Waals surface area contributed by atoms with Crippen LogP contribution in [-0.2, 0) is 19.1 Å². The number of terminal acetylenes is 2. The molecule has 0 heterocycles. The number of carbonyl (C=O) groups is 2. The standard InChI is InChI=1S/C6H2O4/c1-3-9-5(7)6(8)10-4-2/h1-2H. The predicted octanol–water partition coefficient (Wildman–Crippen LogP) is -0.746. The Kier molecular flexibility index (Phi) is 3.22. The summed E-state index contributed by atoms with van der Waals surface area (Å²) in [6, 6.07) is 0. The zero-order chi connectivity index (χ0) is 7.98. The number of esters is 2. The van der Waals surface area contributed by atoms with Gasteiger partial charge in [0.25, 0.3) is 0 Å². The predicted molar refractivity (Wildman–Crippen MR) is 29.8 cm³/mol. The van der Waals surface area contributed by atoms with Gasteiger partial charge < -0.3 is 9.47 Å². The van der Waals surface area contributed by atoms with E-state index in [-0.39, 0.29) is 0 Å². The molecule has 0 saturated heterocycles. The first-order chi connectivity index (χ1) is 4.72. The summed E-state index contributed by atoms with van der Waals surface area (Å²) >= 11 is 0. The van der Waals surface area contributed by atoms with Crippen molar-refractivity contribution in [3.05, 3.63) is 0 Å². The van der Waals surface area contributed by atoms with Gasteiger partial charge in [-0.1, -0.05) is 12.8 Å². The lowest BCUT2D eigenvalue weighted by Crippen LogP contribution is -2.16. The summed E-state index contributed by atoms with van der Waals surface area (Å²) in [5.41, 5.74) is 0. The van der Waals surface area contributed by atoms with Gasteiger partial charge in [0.15, 0.2) is 0 Å². The van der Waals surface area contributed by atoms with E-state index in [0.717, 1.165) is 0 Å². The summed E-state index contributed by atoms with van der Waals surface area (Å²) in [6.45, 7) is 0. The van der Waals surface area contributed by atoms with Crippen LogP contribution in [-0.4, -0.2) is 11.9 Å². The molecule has 0 aromatic heterocycles. The zero-order valence-corrected chi connectivity index (χ0v) is 4.79. The van der Waals surface area contributed by atoms with Crippen LogP contribution in [0.25, 0.3) is 0 Å². The third kappa shape index (κ3) is 2.39. The minimum atomic E-state index is -1.31. The fourth-order valence-electron chi connectivity index (χ4n) is 0.190. The Morgan fingerprint density at radius 3 is 1.50 bits per heavy atom. The second kappa shape index (κ2) is 3.99. The van der Waals surface area contributed by atoms with Crippen LogP contribution in [0.2, 0.25) is 0 Å². The van der Waals surface area contributed by atoms with Crippen LogP contribution in [0.1, 0.15) is 0 Å². The highest BCUT2D eigenvalue weighted by Crippen LogP contribution is 1.79. The quantitative estimate of drug-likeness (QED) is 0.251. The molecule has 0 spiro atoms. The van der Waals surface area contributed by atoms with Gasteiger partial charge in [-0.25, -0.2) is 9.59 Å². The van der Waals surface area contributed by atoms with Crippen molar-refractivity contribution in [3.8, 4) is 25.1 Å². The third-order valence-electron chi connectivity index (χ3n) is 0.470. The van der Waals surface area contributed by atoms with Crippen LogP contribution in [0, 0.1) is 25.1 Å². The van der Waals surface area contributed by atoms with Gasteiger partial charge >= 0.3 is 11.9 Å². The minimum absolute atomic E-state index is 1.31. The van der Waals surface area contributed by atoms with Gasteiger partial charge in [-0.15, -0.1) is 0 Å². The van der Waals surface area contributed by atoms with Crippen molar-refractivity contribution >= 4 is 11.9 Å². The number of ether oxygens (including phenoxy) is 2. The molecule has 4 heteroatoms. The first-order valence-electron chi connectivity index (χ1n) is 2.05. The van der Waals surface area contributed by atoms with Crippen molar-refractivity contribution in [2.45, 2.75) is 0 Å². The summed E-state index contributed by atoms with van der Waals surface area (Å²) in [7, 11) is 0. The molecule has 0 aromatic carbocycles. The van der Waals surface area contributed by atoms with Crippen LogP contribution < -0.4 is 0 Å². The van der Waals surface area contributed by atoms with Gasteiger partial charge in [0.1, 0.15) is 12.2 Å². The van der Waals surface area contributed by atoms with E-state index in [1.165, 1.54) is 12.2 Å². The first-order valence-corrected chi connectivity index (χ1v) is 2.05. The molecule has 0 saturated carbocycles. The lowest BCUT2D eigenvalue weighted by Gasteiger charge is -1.89. The Balaban J connectivity index is 3.89. The topological polar surface area (TPSA) is 52.6 Å². The molecule has 0 radical (unpaired) electrons. The summed E-state index contributed by atoms with van der Waals surface area (Å²) in [5, 5.41) is 0. The molecule has 10 heavy (non-hydrogen) atoms. The Morgan fingerprint density at radius 2 is 1.30 bits per heavy atom. The molecule has 0 aliphatic heterocycles. The zero-order valence-electron chi connectivity index (χ0n) is 4.79. The molecule has 0 aliphatic carbocycles. The summed E-state index contributed by atoms with van der Waals surface area (Å²) in [5.74, 6) is -2.61. The largest absolute Gasteiger partial charge is 0.432 e. The highest BCUT2D eigenvalue weighted by atomic mass is 16.6. The molecule has 0 aromatic rings. The second-order valence-electron chi connectivity index (χ2n) is 1.01. The maximum absolute atomic E-state index is 10.2. The number of rotatable bonds is 0. The summed E-state index contributed by atoms with van der Waals surface area (Å²) in [4.78, 5) is 20.4. The molecule has 0 rings (SSSR count). The molecule has 50 valence electrons. The van der Waals surface area contributed by atoms with Crippen LogP contribution in [0.15, 0.2) is 0 Å². The first kappa shape index (κ1) is 8.06. The average molecular weight is 138 g/mol. The highest BCUT2D eigenvalue weighted by molar-refractivity contribution is 6.30. The SMILES string of the molecule is C#COC(=O)C(=O)OC#C. The fraction of sp³-hybridized carbons (Fsp3) is 0. The lowest BCUT2D eigenvalue weighted by molar-refractivity contribution is -0.159. The van der Waals surface area contributed by atoms with Crippen molar-refractivity contribution < 1.29 is 19.1 Å². The molecule has 4 nitrogen and oxygen atoms in total. The van der Waals surface area contributed by atoms with E-state index in [9.17, 15) is 9.59 Å². The van der Waals surface area contributed by atoms with E-state index in [2.05, 4.69) is 22.3 Å². The molecule has 0 aliphatic rings. The van der Waals surface area contributed by atoms with Gasteiger partial charge in [0.05, 0.1) is 0 Å². The lowest BCUT2D eigenvalue weighted by atomic mass is 10.7. The van der Waals surface area contributed by atoms with Gasteiger partial charge in [-0.05, 0) is 0 Å². The van der Waals surface area contributed by atoms with E-state index in [0.29, 0.717) is 0 Å². The summed E-state index contributed by atoms with van der Waals surface area (Å²) < 4.78 is 7.55. The number of carbonyl (C=O) groups excluding carboxylic acids is 2. The van der Waals surface area contributed by atoms with Crippen LogP contribution in [0.3, 0.4) is 0 Å². The van der Waals surface area contributed by atoms with Crippen LogP contribution in [0.4, 0.5) is 0 Å². The number of hydrogen-bond donors (Lipinski definition) is 0. The molecular weight excluding hydrogens is 136 g/mol. The van der Waals surface area contributed by atoms with Gasteiger partial charge in [-0.2, -0.15) is 0 Å². The van der Waals surface area contributed by atoms with Crippen molar-refractivity contribution in [2.75, 3.05) is 0 Å². The molecule has 0 N–H and O–H groups in total. The van der Waals surface area contributed by atoms with E-state index in [1.807, 2.05) is 0 Å². The minimum Gasteiger partial charge on any atom is -0.364 e. The smallest absolute Gasteiger partial charge is 0.364 e. The Morgan fingerprint density at radius 1 is 1.00 bits per heavy atom. The monoisotopic (exact) mass is 138 g/mol. The second-order valence-corrected chi connectivity index (χ2v) is 1.01.